The molecule has 2 aromatic carbocycles. The number of carbonyl (C=O) groups is 3. The molecule has 2 N–H and O–H groups in total. The zero-order valence-electron chi connectivity index (χ0n) is 18.8. The number of amides is 4. The van der Waals surface area contributed by atoms with Gasteiger partial charge in [0.1, 0.15) is 11.4 Å². The van der Waals surface area contributed by atoms with Gasteiger partial charge in [-0.25, -0.2) is 4.79 Å². The Morgan fingerprint density at radius 3 is 2.33 bits per heavy atom. The Kier molecular flexibility index (Phi) is 5.42. The normalized spacial score (nSPS) is 19.2. The van der Waals surface area contributed by atoms with Gasteiger partial charge in [-0.2, -0.15) is 13.2 Å². The average Bonchev–Trinajstić information content (AvgIpc) is 3.33. The van der Waals surface area contributed by atoms with E-state index in [0.717, 1.165) is 17.8 Å². The zero-order valence-corrected chi connectivity index (χ0v) is 18.8. The summed E-state index contributed by atoms with van der Waals surface area (Å²) in [6.45, 7) is 0.125. The average molecular weight is 496 g/mol. The number of nitrogens with zero attached hydrogens (tertiary/aromatic N) is 2. The fraction of sp³-hybridized carbons (Fsp3) is 0.200. The molecule has 3 heterocycles. The van der Waals surface area contributed by atoms with Crippen LogP contribution in [-0.2, 0) is 23.1 Å². The lowest BCUT2D eigenvalue weighted by molar-refractivity contribution is -0.141. The summed E-state index contributed by atoms with van der Waals surface area (Å²) >= 11 is 0. The van der Waals surface area contributed by atoms with Crippen LogP contribution in [0.5, 0.6) is 5.75 Å². The quantitative estimate of drug-likeness (QED) is 0.527. The number of benzene rings is 2. The van der Waals surface area contributed by atoms with Crippen molar-refractivity contribution >= 4 is 17.8 Å². The van der Waals surface area contributed by atoms with Crippen molar-refractivity contribution in [2.24, 2.45) is 0 Å². The fourth-order valence-electron chi connectivity index (χ4n) is 4.46. The zero-order chi connectivity index (χ0) is 25.7. The summed E-state index contributed by atoms with van der Waals surface area (Å²) in [4.78, 5) is 43.2. The predicted octanol–water partition coefficient (Wildman–Crippen LogP) is 3.47. The van der Waals surface area contributed by atoms with Crippen molar-refractivity contribution in [3.63, 3.8) is 0 Å². The van der Waals surface area contributed by atoms with Crippen LogP contribution in [0.25, 0.3) is 11.1 Å². The molecular weight excluding hydrogens is 477 g/mol. The first kappa shape index (κ1) is 23.3. The summed E-state index contributed by atoms with van der Waals surface area (Å²) in [7, 11) is 1.50. The van der Waals surface area contributed by atoms with E-state index in [1.54, 1.807) is 42.5 Å². The number of ether oxygens (including phenoxy) is 1. The number of hydrogen-bond acceptors (Lipinski definition) is 5. The van der Waals surface area contributed by atoms with Gasteiger partial charge in [-0.15, -0.1) is 0 Å². The molecule has 2 aliphatic rings. The molecule has 0 unspecified atom stereocenters. The van der Waals surface area contributed by atoms with Crippen molar-refractivity contribution in [1.29, 1.82) is 0 Å². The lowest BCUT2D eigenvalue weighted by Gasteiger charge is -2.31. The molecule has 11 heteroatoms. The van der Waals surface area contributed by atoms with Crippen LogP contribution in [0.15, 0.2) is 60.8 Å². The van der Waals surface area contributed by atoms with Gasteiger partial charge in [0, 0.05) is 23.9 Å². The largest absolute Gasteiger partial charge is 0.497 e. The fourth-order valence-corrected chi connectivity index (χ4v) is 4.46. The van der Waals surface area contributed by atoms with Gasteiger partial charge in [-0.3, -0.25) is 19.9 Å². The first-order chi connectivity index (χ1) is 17.1. The Morgan fingerprint density at radius 2 is 1.75 bits per heavy atom. The molecule has 1 saturated heterocycles. The van der Waals surface area contributed by atoms with Crippen LogP contribution in [0.3, 0.4) is 0 Å². The standard InChI is InChI=1S/C25H19F3N4O4/c1-36-18-8-4-16-12-32(21(33)19(16)10-18)13-24(22(34)30-23(35)31-24)17-6-2-14(3-7-17)15-5-9-20(29-11-15)25(26,27)28/h2-11H,12-13H2,1H3,(H2,30,31,34,35)/t24-/m0/s1. The van der Waals surface area contributed by atoms with E-state index in [0.29, 0.717) is 28.0 Å². The van der Waals surface area contributed by atoms with Crippen LogP contribution in [0.1, 0.15) is 27.2 Å². The maximum absolute atomic E-state index is 13.1. The van der Waals surface area contributed by atoms with Crippen molar-refractivity contribution in [2.75, 3.05) is 13.7 Å². The maximum Gasteiger partial charge on any atom is 0.433 e. The molecule has 0 spiro atoms. The molecule has 8 nitrogen and oxygen atoms in total. The number of aromatic nitrogens is 1. The predicted molar refractivity (Wildman–Crippen MR) is 121 cm³/mol. The number of hydrogen-bond donors (Lipinski definition) is 2. The Balaban J connectivity index is 1.44. The van der Waals surface area contributed by atoms with E-state index in [4.69, 9.17) is 4.74 Å². The first-order valence-electron chi connectivity index (χ1n) is 10.8. The van der Waals surface area contributed by atoms with Crippen LogP contribution in [0, 0.1) is 0 Å². The van der Waals surface area contributed by atoms with Crippen LogP contribution >= 0.6 is 0 Å². The number of halogens is 3. The molecule has 1 atom stereocenters. The smallest absolute Gasteiger partial charge is 0.433 e. The van der Waals surface area contributed by atoms with Gasteiger partial charge < -0.3 is 15.0 Å². The molecule has 36 heavy (non-hydrogen) atoms. The summed E-state index contributed by atoms with van der Waals surface area (Å²) in [5, 5.41) is 4.90. The summed E-state index contributed by atoms with van der Waals surface area (Å²) < 4.78 is 43.6. The highest BCUT2D eigenvalue weighted by molar-refractivity contribution is 6.08. The van der Waals surface area contributed by atoms with Gasteiger partial charge in [-0.05, 0) is 34.9 Å². The molecule has 2 aliphatic heterocycles. The van der Waals surface area contributed by atoms with Crippen LogP contribution in [0.4, 0.5) is 18.0 Å². The van der Waals surface area contributed by atoms with E-state index in [9.17, 15) is 27.6 Å². The highest BCUT2D eigenvalue weighted by Gasteiger charge is 2.50. The van der Waals surface area contributed by atoms with Crippen molar-refractivity contribution in [1.82, 2.24) is 20.5 Å². The van der Waals surface area contributed by atoms with Crippen LogP contribution in [-0.4, -0.2) is 41.4 Å². The molecule has 0 radical (unpaired) electrons. The maximum atomic E-state index is 13.1. The molecule has 5 rings (SSSR count). The highest BCUT2D eigenvalue weighted by Crippen LogP contribution is 2.34. The lowest BCUT2D eigenvalue weighted by Crippen LogP contribution is -2.52. The van der Waals surface area contributed by atoms with E-state index in [-0.39, 0.29) is 19.0 Å². The summed E-state index contributed by atoms with van der Waals surface area (Å²) in [5.41, 5.74) is 0.108. The minimum Gasteiger partial charge on any atom is -0.497 e. The minimum atomic E-state index is -4.54. The summed E-state index contributed by atoms with van der Waals surface area (Å²) in [6, 6.07) is 13.1. The van der Waals surface area contributed by atoms with E-state index < -0.39 is 29.3 Å². The number of fused-ring (bicyclic) bond motifs is 1. The van der Waals surface area contributed by atoms with Gasteiger partial charge in [0.2, 0.25) is 0 Å². The molecule has 1 fully saturated rings. The van der Waals surface area contributed by atoms with Gasteiger partial charge in [-0.1, -0.05) is 36.4 Å². The number of imide groups is 1. The molecule has 0 bridgehead atoms. The Labute approximate surface area is 203 Å². The van der Waals surface area contributed by atoms with E-state index in [1.165, 1.54) is 18.1 Å². The Bertz CT molecular complexity index is 1370. The molecule has 3 aromatic rings. The lowest BCUT2D eigenvalue weighted by atomic mass is 9.88. The molecule has 0 saturated carbocycles. The van der Waals surface area contributed by atoms with Crippen molar-refractivity contribution in [3.05, 3.63) is 83.2 Å². The van der Waals surface area contributed by atoms with Gasteiger partial charge >= 0.3 is 12.2 Å². The number of nitrogens with one attached hydrogen (secondary N) is 2. The Hall–Kier alpha value is -4.41. The topological polar surface area (TPSA) is 101 Å². The summed E-state index contributed by atoms with van der Waals surface area (Å²) in [5.74, 6) is -0.388. The first-order valence-corrected chi connectivity index (χ1v) is 10.8. The SMILES string of the molecule is COc1ccc2c(c1)C(=O)N(C[C@@]1(c3ccc(-c4ccc(C(F)(F)F)nc4)cc3)NC(=O)NC1=O)C2. The number of carbonyl (C=O) groups excluding carboxylic acids is 3. The molecule has 1 aromatic heterocycles. The molecule has 4 amide bonds. The van der Waals surface area contributed by atoms with E-state index in [2.05, 4.69) is 15.6 Å². The van der Waals surface area contributed by atoms with E-state index in [1.807, 2.05) is 0 Å². The summed E-state index contributed by atoms with van der Waals surface area (Å²) in [6.07, 6.45) is -3.42. The van der Waals surface area contributed by atoms with Gasteiger partial charge in [0.15, 0.2) is 5.54 Å². The van der Waals surface area contributed by atoms with Crippen LogP contribution in [0.2, 0.25) is 0 Å². The third-order valence-electron chi connectivity index (χ3n) is 6.33. The molecule has 0 aliphatic carbocycles. The third-order valence-corrected chi connectivity index (χ3v) is 6.33. The molecule has 184 valence electrons. The number of rotatable bonds is 5. The van der Waals surface area contributed by atoms with Gasteiger partial charge in [0.25, 0.3) is 11.8 Å². The monoisotopic (exact) mass is 496 g/mol. The van der Waals surface area contributed by atoms with E-state index >= 15 is 0 Å². The Morgan fingerprint density at radius 1 is 1.03 bits per heavy atom. The number of methoxy groups -OCH3 is 1. The second-order valence-electron chi connectivity index (χ2n) is 8.51. The second kappa shape index (κ2) is 8.36. The molecular formula is C25H19F3N4O4. The number of pyridine rings is 1. The van der Waals surface area contributed by atoms with Gasteiger partial charge in [0.05, 0.1) is 13.7 Å². The van der Waals surface area contributed by atoms with Crippen molar-refractivity contribution < 1.29 is 32.3 Å². The van der Waals surface area contributed by atoms with Crippen molar-refractivity contribution in [2.45, 2.75) is 18.3 Å². The van der Waals surface area contributed by atoms with Crippen LogP contribution < -0.4 is 15.4 Å². The number of alkyl halides is 3. The van der Waals surface area contributed by atoms with Crippen molar-refractivity contribution in [3.8, 4) is 16.9 Å². The highest BCUT2D eigenvalue weighted by atomic mass is 19.4. The minimum absolute atomic E-state index is 0.123. The third kappa shape index (κ3) is 3.92. The second-order valence-corrected chi connectivity index (χ2v) is 8.51. The number of urea groups is 1.